The van der Waals surface area contributed by atoms with Crippen LogP contribution in [0, 0.1) is 22.5 Å². The molecule has 2 atom stereocenters. The first-order valence-corrected chi connectivity index (χ1v) is 7.28. The largest absolute Gasteiger partial charge is 0.481 e. The average molecular weight is 302 g/mol. The third-order valence-corrected chi connectivity index (χ3v) is 3.97. The summed E-state index contributed by atoms with van der Waals surface area (Å²) in [6.45, 7) is 0. The molecule has 1 aliphatic rings. The second kappa shape index (κ2) is 6.95. The molecule has 1 aliphatic carbocycles. The van der Waals surface area contributed by atoms with E-state index in [1.165, 1.54) is 0 Å². The number of hydrogen-bond donors (Lipinski definition) is 2. The van der Waals surface area contributed by atoms with Crippen LogP contribution in [0.5, 0.6) is 0 Å². The molecule has 2 N–H and O–H groups in total. The van der Waals surface area contributed by atoms with Crippen molar-refractivity contribution in [3.8, 4) is 5.40 Å². The van der Waals surface area contributed by atoms with Crippen LogP contribution < -0.4 is 5.32 Å². The van der Waals surface area contributed by atoms with Crippen molar-refractivity contribution in [1.82, 2.24) is 0 Å². The number of hydrogen-bond acceptors (Lipinski definition) is 4. The van der Waals surface area contributed by atoms with Crippen LogP contribution in [0.2, 0.25) is 0 Å². The van der Waals surface area contributed by atoms with E-state index in [0.717, 1.165) is 16.7 Å². The number of nitrogens with zero attached hydrogens (tertiary/aromatic N) is 1. The maximum atomic E-state index is 12.2. The fraction of sp³-hybridized carbons (Fsp3) is 0.267. The third kappa shape index (κ3) is 3.86. The van der Waals surface area contributed by atoms with Gasteiger partial charge in [0.15, 0.2) is 0 Å². The molecule has 2 rings (SSSR count). The lowest BCUT2D eigenvalue weighted by Gasteiger charge is -2.24. The summed E-state index contributed by atoms with van der Waals surface area (Å²) in [6.07, 6.45) is 4.46. The van der Waals surface area contributed by atoms with Gasteiger partial charge in [-0.1, -0.05) is 12.2 Å². The van der Waals surface area contributed by atoms with Crippen molar-refractivity contribution >= 4 is 29.3 Å². The molecule has 21 heavy (non-hydrogen) atoms. The van der Waals surface area contributed by atoms with Crippen molar-refractivity contribution in [3.05, 3.63) is 36.4 Å². The lowest BCUT2D eigenvalue weighted by molar-refractivity contribution is -0.146. The first-order chi connectivity index (χ1) is 10.1. The van der Waals surface area contributed by atoms with E-state index in [2.05, 4.69) is 5.32 Å². The second-order valence-electron chi connectivity index (χ2n) is 4.70. The Kier molecular flexibility index (Phi) is 5.01. The third-order valence-electron chi connectivity index (χ3n) is 3.37. The fourth-order valence-corrected chi connectivity index (χ4v) is 2.65. The van der Waals surface area contributed by atoms with Crippen molar-refractivity contribution in [3.63, 3.8) is 0 Å². The maximum Gasteiger partial charge on any atom is 0.307 e. The van der Waals surface area contributed by atoms with Gasteiger partial charge in [0.1, 0.15) is 5.40 Å². The van der Waals surface area contributed by atoms with Gasteiger partial charge in [0, 0.05) is 10.6 Å². The number of carboxylic acids is 1. The topological polar surface area (TPSA) is 90.2 Å². The molecule has 1 amide bonds. The van der Waals surface area contributed by atoms with Crippen molar-refractivity contribution in [1.29, 1.82) is 5.26 Å². The van der Waals surface area contributed by atoms with Gasteiger partial charge in [-0.05, 0) is 48.9 Å². The van der Waals surface area contributed by atoms with E-state index < -0.39 is 17.8 Å². The van der Waals surface area contributed by atoms with Gasteiger partial charge in [-0.2, -0.15) is 5.26 Å². The van der Waals surface area contributed by atoms with E-state index in [4.69, 9.17) is 5.26 Å². The van der Waals surface area contributed by atoms with Crippen LogP contribution >= 0.6 is 11.8 Å². The fourth-order valence-electron chi connectivity index (χ4n) is 2.27. The zero-order valence-corrected chi connectivity index (χ0v) is 12.0. The van der Waals surface area contributed by atoms with Gasteiger partial charge in [-0.3, -0.25) is 9.59 Å². The quantitative estimate of drug-likeness (QED) is 0.507. The van der Waals surface area contributed by atoms with Gasteiger partial charge < -0.3 is 10.4 Å². The molecule has 0 saturated heterocycles. The van der Waals surface area contributed by atoms with Crippen LogP contribution in [0.3, 0.4) is 0 Å². The van der Waals surface area contributed by atoms with Crippen molar-refractivity contribution in [2.75, 3.05) is 5.32 Å². The molecule has 1 aromatic rings. The molecule has 0 saturated carbocycles. The first kappa shape index (κ1) is 15.1. The normalized spacial score (nSPS) is 20.5. The number of nitrogens with one attached hydrogen (secondary N) is 1. The highest BCUT2D eigenvalue weighted by Crippen LogP contribution is 2.27. The number of carbonyl (C=O) groups excluding carboxylic acids is 1. The van der Waals surface area contributed by atoms with Crippen LogP contribution in [0.4, 0.5) is 5.69 Å². The van der Waals surface area contributed by atoms with E-state index in [-0.39, 0.29) is 5.91 Å². The Morgan fingerprint density at radius 3 is 2.38 bits per heavy atom. The summed E-state index contributed by atoms with van der Waals surface area (Å²) in [4.78, 5) is 24.2. The predicted molar refractivity (Wildman–Crippen MR) is 79.5 cm³/mol. The average Bonchev–Trinajstić information content (AvgIpc) is 2.49. The molecule has 0 fully saturated rings. The number of benzene rings is 1. The molecule has 0 aromatic heterocycles. The molecule has 1 aromatic carbocycles. The number of thiocyanates is 1. The van der Waals surface area contributed by atoms with Crippen LogP contribution in [-0.4, -0.2) is 17.0 Å². The molecule has 108 valence electrons. The summed E-state index contributed by atoms with van der Waals surface area (Å²) in [6, 6.07) is 6.87. The van der Waals surface area contributed by atoms with Gasteiger partial charge in [0.05, 0.1) is 11.8 Å². The lowest BCUT2D eigenvalue weighted by Crippen LogP contribution is -2.34. The SMILES string of the molecule is N#CSc1ccc(NC(=O)[C@@H]2CC=CC[C@H]2C(=O)O)cc1. The minimum atomic E-state index is -0.944. The summed E-state index contributed by atoms with van der Waals surface area (Å²) in [5.41, 5.74) is 0.598. The Hall–Kier alpha value is -2.26. The van der Waals surface area contributed by atoms with E-state index in [1.54, 1.807) is 30.3 Å². The number of allylic oxidation sites excluding steroid dienone is 2. The molecule has 0 spiro atoms. The molecule has 0 aliphatic heterocycles. The Morgan fingerprint density at radius 1 is 1.19 bits per heavy atom. The van der Waals surface area contributed by atoms with Crippen LogP contribution in [0.25, 0.3) is 0 Å². The summed E-state index contributed by atoms with van der Waals surface area (Å²) < 4.78 is 0. The van der Waals surface area contributed by atoms with E-state index >= 15 is 0 Å². The van der Waals surface area contributed by atoms with Crippen LogP contribution in [-0.2, 0) is 9.59 Å². The number of rotatable bonds is 4. The van der Waals surface area contributed by atoms with Crippen molar-refractivity contribution in [2.45, 2.75) is 17.7 Å². The maximum absolute atomic E-state index is 12.2. The minimum Gasteiger partial charge on any atom is -0.481 e. The molecule has 6 heteroatoms. The number of carbonyl (C=O) groups is 2. The second-order valence-corrected chi connectivity index (χ2v) is 5.56. The summed E-state index contributed by atoms with van der Waals surface area (Å²) >= 11 is 1.04. The van der Waals surface area contributed by atoms with Crippen LogP contribution in [0.1, 0.15) is 12.8 Å². The van der Waals surface area contributed by atoms with E-state index in [9.17, 15) is 14.7 Å². The number of aliphatic carboxylic acids is 1. The lowest BCUT2D eigenvalue weighted by atomic mass is 9.82. The van der Waals surface area contributed by atoms with Gasteiger partial charge in [0.2, 0.25) is 5.91 Å². The number of amides is 1. The monoisotopic (exact) mass is 302 g/mol. The van der Waals surface area contributed by atoms with E-state index in [0.29, 0.717) is 18.5 Å². The first-order valence-electron chi connectivity index (χ1n) is 6.46. The van der Waals surface area contributed by atoms with Crippen LogP contribution in [0.15, 0.2) is 41.3 Å². The number of carboxylic acid groups (broad SMARTS) is 1. The highest BCUT2D eigenvalue weighted by molar-refractivity contribution is 8.03. The summed E-state index contributed by atoms with van der Waals surface area (Å²) in [7, 11) is 0. The highest BCUT2D eigenvalue weighted by atomic mass is 32.2. The van der Waals surface area contributed by atoms with Gasteiger partial charge in [-0.15, -0.1) is 0 Å². The number of nitriles is 1. The summed E-state index contributed by atoms with van der Waals surface area (Å²) in [5.74, 6) is -2.46. The minimum absolute atomic E-state index is 0.285. The van der Waals surface area contributed by atoms with Gasteiger partial charge in [-0.25, -0.2) is 0 Å². The molecule has 0 radical (unpaired) electrons. The van der Waals surface area contributed by atoms with Crippen molar-refractivity contribution in [2.24, 2.45) is 11.8 Å². The van der Waals surface area contributed by atoms with Gasteiger partial charge in [0.25, 0.3) is 0 Å². The smallest absolute Gasteiger partial charge is 0.307 e. The van der Waals surface area contributed by atoms with Gasteiger partial charge >= 0.3 is 5.97 Å². The number of thioether (sulfide) groups is 1. The van der Waals surface area contributed by atoms with E-state index in [1.807, 2.05) is 11.5 Å². The highest BCUT2D eigenvalue weighted by Gasteiger charge is 2.33. The Morgan fingerprint density at radius 2 is 1.81 bits per heavy atom. The molecule has 5 nitrogen and oxygen atoms in total. The molecule has 0 bridgehead atoms. The molecule has 0 unspecified atom stereocenters. The zero-order valence-electron chi connectivity index (χ0n) is 11.2. The predicted octanol–water partition coefficient (Wildman–Crippen LogP) is 2.87. The van der Waals surface area contributed by atoms with Crippen molar-refractivity contribution < 1.29 is 14.7 Å². The number of anilines is 1. The molecular formula is C15H14N2O3S. The zero-order chi connectivity index (χ0) is 15.2. The standard InChI is InChI=1S/C15H14N2O3S/c16-9-21-11-7-5-10(6-8-11)17-14(18)12-3-1-2-4-13(12)15(19)20/h1-2,5-8,12-13H,3-4H2,(H,17,18)(H,19,20)/t12-,13-/m1/s1. The summed E-state index contributed by atoms with van der Waals surface area (Å²) in [5, 5.41) is 22.4. The Labute approximate surface area is 126 Å². The Balaban J connectivity index is 2.05. The molecular weight excluding hydrogens is 288 g/mol. The molecule has 0 heterocycles. The Bertz CT molecular complexity index is 604.